The number of anilines is 1. The smallest absolute Gasteiger partial charge is 0.183 e. The highest BCUT2D eigenvalue weighted by Crippen LogP contribution is 2.23. The summed E-state index contributed by atoms with van der Waals surface area (Å²) in [5.41, 5.74) is 0.308. The molecule has 2 fully saturated rings. The predicted molar refractivity (Wildman–Crippen MR) is 71.1 cm³/mol. The third-order valence-electron chi connectivity index (χ3n) is 3.86. The van der Waals surface area contributed by atoms with Crippen LogP contribution in [0.3, 0.4) is 0 Å². The highest BCUT2D eigenvalue weighted by molar-refractivity contribution is 5.50. The van der Waals surface area contributed by atoms with Crippen molar-refractivity contribution in [1.82, 2.24) is 14.9 Å². The van der Waals surface area contributed by atoms with Crippen molar-refractivity contribution in [1.29, 1.82) is 5.26 Å². The second-order valence-corrected chi connectivity index (χ2v) is 5.03. The Labute approximate surface area is 117 Å². The van der Waals surface area contributed by atoms with E-state index >= 15 is 0 Å². The third-order valence-corrected chi connectivity index (χ3v) is 3.86. The van der Waals surface area contributed by atoms with E-state index in [0.29, 0.717) is 37.8 Å². The average molecular weight is 275 g/mol. The van der Waals surface area contributed by atoms with E-state index in [4.69, 9.17) is 10.00 Å². The van der Waals surface area contributed by atoms with Crippen LogP contribution in [0, 0.1) is 11.3 Å². The lowest BCUT2D eigenvalue weighted by Gasteiger charge is -2.33. The predicted octanol–water partition coefficient (Wildman–Crippen LogP) is -0.770. The summed E-state index contributed by atoms with van der Waals surface area (Å²) in [7, 11) is 0. The Morgan fingerprint density at radius 1 is 1.25 bits per heavy atom. The lowest BCUT2D eigenvalue weighted by Crippen LogP contribution is -2.48. The summed E-state index contributed by atoms with van der Waals surface area (Å²) >= 11 is 0. The van der Waals surface area contributed by atoms with Gasteiger partial charge in [0.05, 0.1) is 25.4 Å². The second kappa shape index (κ2) is 5.71. The monoisotopic (exact) mass is 275 g/mol. The molecule has 2 atom stereocenters. The van der Waals surface area contributed by atoms with Crippen molar-refractivity contribution in [2.45, 2.75) is 12.1 Å². The normalized spacial score (nSPS) is 27.5. The van der Waals surface area contributed by atoms with Crippen LogP contribution >= 0.6 is 0 Å². The Kier molecular flexibility index (Phi) is 3.78. The zero-order valence-electron chi connectivity index (χ0n) is 11.1. The number of ether oxygens (including phenoxy) is 1. The van der Waals surface area contributed by atoms with Gasteiger partial charge in [-0.05, 0) is 0 Å². The van der Waals surface area contributed by atoms with Crippen molar-refractivity contribution in [2.75, 3.05) is 44.3 Å². The lowest BCUT2D eigenvalue weighted by atomic mass is 10.2. The third kappa shape index (κ3) is 2.45. The molecule has 2 aliphatic rings. The number of aliphatic hydroxyl groups excluding tert-OH is 1. The van der Waals surface area contributed by atoms with Gasteiger partial charge in [-0.25, -0.2) is 9.97 Å². The Morgan fingerprint density at radius 2 is 2.00 bits per heavy atom. The van der Waals surface area contributed by atoms with Crippen LogP contribution in [0.2, 0.25) is 0 Å². The summed E-state index contributed by atoms with van der Waals surface area (Å²) in [5, 5.41) is 19.4. The van der Waals surface area contributed by atoms with E-state index in [0.717, 1.165) is 13.1 Å². The number of nitrogens with zero attached hydrogens (tertiary/aromatic N) is 5. The summed E-state index contributed by atoms with van der Waals surface area (Å²) in [6.45, 7) is 4.22. The summed E-state index contributed by atoms with van der Waals surface area (Å²) in [4.78, 5) is 12.4. The average Bonchev–Trinajstić information content (AvgIpc) is 2.90. The van der Waals surface area contributed by atoms with Gasteiger partial charge >= 0.3 is 0 Å². The van der Waals surface area contributed by atoms with Crippen molar-refractivity contribution in [3.05, 3.63) is 18.1 Å². The van der Waals surface area contributed by atoms with Gasteiger partial charge in [0.2, 0.25) is 0 Å². The number of β-amino-alcohol motifs (C(OH)–C–C–N with tert-alkyl or cyclic N) is 1. The molecule has 7 heteroatoms. The summed E-state index contributed by atoms with van der Waals surface area (Å²) in [5.74, 6) is 0.560. The Morgan fingerprint density at radius 3 is 2.75 bits per heavy atom. The fourth-order valence-electron chi connectivity index (χ4n) is 2.85. The largest absolute Gasteiger partial charge is 0.390 e. The fraction of sp³-hybridized carbons (Fsp3) is 0.615. The zero-order valence-corrected chi connectivity index (χ0v) is 11.1. The van der Waals surface area contributed by atoms with Crippen molar-refractivity contribution < 1.29 is 9.84 Å². The number of rotatable bonds is 2. The first-order valence-electron chi connectivity index (χ1n) is 6.75. The maximum absolute atomic E-state index is 10.3. The molecule has 0 unspecified atom stereocenters. The van der Waals surface area contributed by atoms with Crippen molar-refractivity contribution in [3.8, 4) is 6.07 Å². The molecule has 0 radical (unpaired) electrons. The molecule has 7 nitrogen and oxygen atoms in total. The molecule has 3 heterocycles. The molecule has 1 aromatic rings. The molecular weight excluding hydrogens is 258 g/mol. The molecule has 20 heavy (non-hydrogen) atoms. The Hall–Kier alpha value is -1.75. The summed E-state index contributed by atoms with van der Waals surface area (Å²) in [6.07, 6.45) is 2.64. The molecule has 1 aromatic heterocycles. The lowest BCUT2D eigenvalue weighted by molar-refractivity contribution is -0.00588. The van der Waals surface area contributed by atoms with Gasteiger partial charge in [-0.3, -0.25) is 4.90 Å². The van der Waals surface area contributed by atoms with Gasteiger partial charge < -0.3 is 14.7 Å². The van der Waals surface area contributed by atoms with Gasteiger partial charge in [0.15, 0.2) is 11.5 Å². The minimum atomic E-state index is -0.443. The Bertz CT molecular complexity index is 512. The second-order valence-electron chi connectivity index (χ2n) is 5.03. The van der Waals surface area contributed by atoms with Crippen LogP contribution in [0.5, 0.6) is 0 Å². The number of hydrogen-bond acceptors (Lipinski definition) is 7. The number of aliphatic hydroxyl groups is 1. The van der Waals surface area contributed by atoms with Crippen LogP contribution in [0.25, 0.3) is 0 Å². The maximum atomic E-state index is 10.3. The SMILES string of the molecule is N#Cc1nccnc1N1C[C@H](O)[C@@H](N2CCOCC2)C1. The van der Waals surface area contributed by atoms with Crippen LogP contribution < -0.4 is 4.90 Å². The van der Waals surface area contributed by atoms with E-state index in [1.807, 2.05) is 4.90 Å². The summed E-state index contributed by atoms with van der Waals surface area (Å²) in [6, 6.07) is 2.11. The molecule has 2 saturated heterocycles. The highest BCUT2D eigenvalue weighted by atomic mass is 16.5. The molecule has 0 spiro atoms. The van der Waals surface area contributed by atoms with Crippen molar-refractivity contribution in [3.63, 3.8) is 0 Å². The standard InChI is InChI=1S/C13H17N5O2/c14-7-10-13(16-2-1-15-10)18-8-11(12(19)9-18)17-3-5-20-6-4-17/h1-2,11-12,19H,3-6,8-9H2/t11-,12-/m0/s1. The topological polar surface area (TPSA) is 85.5 Å². The molecule has 0 saturated carbocycles. The van der Waals surface area contributed by atoms with Gasteiger partial charge in [-0.15, -0.1) is 0 Å². The van der Waals surface area contributed by atoms with Crippen molar-refractivity contribution >= 4 is 5.82 Å². The van der Waals surface area contributed by atoms with Crippen LogP contribution in [-0.2, 0) is 4.74 Å². The Balaban J connectivity index is 1.76. The summed E-state index contributed by atoms with van der Waals surface area (Å²) < 4.78 is 5.34. The maximum Gasteiger partial charge on any atom is 0.183 e. The highest BCUT2D eigenvalue weighted by Gasteiger charge is 2.37. The van der Waals surface area contributed by atoms with E-state index in [2.05, 4.69) is 20.9 Å². The molecule has 0 amide bonds. The molecule has 1 N–H and O–H groups in total. The first kappa shape index (κ1) is 13.2. The molecule has 2 aliphatic heterocycles. The number of aromatic nitrogens is 2. The molecule has 0 bridgehead atoms. The molecule has 3 rings (SSSR count). The van der Waals surface area contributed by atoms with Crippen LogP contribution in [0.4, 0.5) is 5.82 Å². The van der Waals surface area contributed by atoms with Crippen LogP contribution in [0.15, 0.2) is 12.4 Å². The van der Waals surface area contributed by atoms with E-state index in [-0.39, 0.29) is 6.04 Å². The van der Waals surface area contributed by atoms with Crippen LogP contribution in [0.1, 0.15) is 5.69 Å². The van der Waals surface area contributed by atoms with Gasteiger partial charge in [0.25, 0.3) is 0 Å². The minimum absolute atomic E-state index is 0.0625. The number of nitriles is 1. The molecular formula is C13H17N5O2. The minimum Gasteiger partial charge on any atom is -0.390 e. The fourth-order valence-corrected chi connectivity index (χ4v) is 2.85. The first-order chi connectivity index (χ1) is 9.79. The number of morpholine rings is 1. The van der Waals surface area contributed by atoms with Gasteiger partial charge in [-0.1, -0.05) is 0 Å². The molecule has 0 aliphatic carbocycles. The number of hydrogen-bond donors (Lipinski definition) is 1. The molecule has 0 aromatic carbocycles. The van der Waals surface area contributed by atoms with Gasteiger partial charge in [0.1, 0.15) is 6.07 Å². The van der Waals surface area contributed by atoms with Crippen LogP contribution in [-0.4, -0.2) is 71.5 Å². The van der Waals surface area contributed by atoms with Gasteiger partial charge in [0, 0.05) is 38.6 Å². The van der Waals surface area contributed by atoms with Crippen molar-refractivity contribution in [2.24, 2.45) is 0 Å². The van der Waals surface area contributed by atoms with E-state index in [1.165, 1.54) is 6.20 Å². The van der Waals surface area contributed by atoms with E-state index < -0.39 is 6.10 Å². The van der Waals surface area contributed by atoms with Gasteiger partial charge in [-0.2, -0.15) is 5.26 Å². The zero-order chi connectivity index (χ0) is 13.9. The quantitative estimate of drug-likeness (QED) is 0.758. The molecule has 106 valence electrons. The van der Waals surface area contributed by atoms with E-state index in [9.17, 15) is 5.11 Å². The van der Waals surface area contributed by atoms with E-state index in [1.54, 1.807) is 6.20 Å². The first-order valence-corrected chi connectivity index (χ1v) is 6.75.